The summed E-state index contributed by atoms with van der Waals surface area (Å²) in [5.74, 6) is -0.224. The first-order valence-electron chi connectivity index (χ1n) is 7.47. The van der Waals surface area contributed by atoms with Crippen LogP contribution in [0, 0.1) is 0 Å². The van der Waals surface area contributed by atoms with Gasteiger partial charge in [-0.05, 0) is 45.4 Å². The molecule has 0 fully saturated rings. The molecule has 1 aromatic carbocycles. The van der Waals surface area contributed by atoms with Gasteiger partial charge in [0, 0.05) is 6.42 Å². The monoisotopic (exact) mass is 341 g/mol. The van der Waals surface area contributed by atoms with Crippen molar-refractivity contribution in [2.45, 2.75) is 45.3 Å². The van der Waals surface area contributed by atoms with Gasteiger partial charge in [-0.2, -0.15) is 0 Å². The van der Waals surface area contributed by atoms with E-state index < -0.39 is 30.1 Å². The average molecular weight is 341 g/mol. The number of methoxy groups -OCH3 is 1. The number of alkyl halides is 1. The van der Waals surface area contributed by atoms with Crippen LogP contribution in [-0.2, 0) is 20.7 Å². The molecule has 0 aliphatic rings. The molecule has 0 saturated heterocycles. The summed E-state index contributed by atoms with van der Waals surface area (Å²) in [4.78, 5) is 24.2. The fraction of sp³-hybridized carbons (Fsp3) is 0.529. The molecule has 0 aromatic heterocycles. The van der Waals surface area contributed by atoms with Gasteiger partial charge in [-0.3, -0.25) is 0 Å². The van der Waals surface area contributed by atoms with Crippen LogP contribution in [0.4, 0.5) is 9.18 Å². The molecule has 24 heavy (non-hydrogen) atoms. The summed E-state index contributed by atoms with van der Waals surface area (Å²) in [6.07, 6.45) is -0.540. The Morgan fingerprint density at radius 2 is 1.71 bits per heavy atom. The zero-order valence-corrected chi connectivity index (χ0v) is 14.6. The summed E-state index contributed by atoms with van der Waals surface area (Å²) in [5.41, 5.74) is -1.25. The second-order valence-corrected chi connectivity index (χ2v) is 6.52. The number of ether oxygens (including phenoxy) is 3. The van der Waals surface area contributed by atoms with Crippen molar-refractivity contribution in [1.82, 2.24) is 5.32 Å². The van der Waals surface area contributed by atoms with Crippen molar-refractivity contribution < 1.29 is 28.2 Å². The third-order valence-electron chi connectivity index (χ3n) is 3.12. The molecule has 0 unspecified atom stereocenters. The maximum Gasteiger partial charge on any atom is 0.408 e. The third kappa shape index (κ3) is 6.06. The van der Waals surface area contributed by atoms with Crippen LogP contribution in [0.3, 0.4) is 0 Å². The Morgan fingerprint density at radius 3 is 2.17 bits per heavy atom. The average Bonchev–Trinajstić information content (AvgIpc) is 2.46. The van der Waals surface area contributed by atoms with Crippen molar-refractivity contribution in [3.63, 3.8) is 0 Å². The summed E-state index contributed by atoms with van der Waals surface area (Å²) in [7, 11) is 1.25. The van der Waals surface area contributed by atoms with Crippen molar-refractivity contribution in [1.29, 1.82) is 0 Å². The second kappa shape index (κ2) is 7.99. The number of halogens is 1. The van der Waals surface area contributed by atoms with E-state index in [9.17, 15) is 14.0 Å². The highest BCUT2D eigenvalue weighted by atomic mass is 19.1. The predicted octanol–water partition coefficient (Wildman–Crippen LogP) is 2.99. The molecule has 7 heteroatoms. The SMILES string of the molecule is COC(=O)[C@](C)(Cc1ccc(OCF)cc1)NC(=O)OC(C)(C)C. The molecule has 0 bridgehead atoms. The van der Waals surface area contributed by atoms with E-state index >= 15 is 0 Å². The predicted molar refractivity (Wildman–Crippen MR) is 86.5 cm³/mol. The third-order valence-corrected chi connectivity index (χ3v) is 3.12. The lowest BCUT2D eigenvalue weighted by Gasteiger charge is -2.29. The van der Waals surface area contributed by atoms with Gasteiger partial charge in [0.15, 0.2) is 0 Å². The van der Waals surface area contributed by atoms with E-state index in [1.54, 1.807) is 52.0 Å². The quantitative estimate of drug-likeness (QED) is 0.805. The lowest BCUT2D eigenvalue weighted by atomic mass is 9.93. The van der Waals surface area contributed by atoms with Crippen LogP contribution in [0.2, 0.25) is 0 Å². The van der Waals surface area contributed by atoms with Crippen molar-refractivity contribution >= 4 is 12.1 Å². The van der Waals surface area contributed by atoms with Gasteiger partial charge in [0.2, 0.25) is 6.86 Å². The van der Waals surface area contributed by atoms with E-state index in [1.807, 2.05) is 0 Å². The zero-order valence-electron chi connectivity index (χ0n) is 14.6. The standard InChI is InChI=1S/C17H24FNO5/c1-16(2,3)24-15(21)19-17(4,14(20)22-5)10-12-6-8-13(9-7-12)23-11-18/h6-9H,10-11H2,1-5H3,(H,19,21)/t17-/m0/s1. The number of carbonyl (C=O) groups excluding carboxylic acids is 2. The van der Waals surface area contributed by atoms with Gasteiger partial charge in [0.05, 0.1) is 7.11 Å². The minimum Gasteiger partial charge on any atom is -0.467 e. The van der Waals surface area contributed by atoms with Crippen LogP contribution in [-0.4, -0.2) is 37.2 Å². The van der Waals surface area contributed by atoms with Gasteiger partial charge in [0.1, 0.15) is 16.9 Å². The maximum atomic E-state index is 12.1. The van der Waals surface area contributed by atoms with Crippen molar-refractivity contribution in [3.05, 3.63) is 29.8 Å². The number of amides is 1. The molecule has 0 radical (unpaired) electrons. The smallest absolute Gasteiger partial charge is 0.408 e. The van der Waals surface area contributed by atoms with Crippen molar-refractivity contribution in [2.24, 2.45) is 0 Å². The fourth-order valence-corrected chi connectivity index (χ4v) is 2.10. The van der Waals surface area contributed by atoms with Crippen LogP contribution in [0.15, 0.2) is 24.3 Å². The topological polar surface area (TPSA) is 73.9 Å². The zero-order chi connectivity index (χ0) is 18.4. The van der Waals surface area contributed by atoms with E-state index in [1.165, 1.54) is 7.11 Å². The van der Waals surface area contributed by atoms with Gasteiger partial charge in [-0.1, -0.05) is 12.1 Å². The Kier molecular flexibility index (Phi) is 6.57. The summed E-state index contributed by atoms with van der Waals surface area (Å²) >= 11 is 0. The Morgan fingerprint density at radius 1 is 1.12 bits per heavy atom. The first kappa shape index (κ1) is 19.7. The first-order valence-corrected chi connectivity index (χ1v) is 7.47. The maximum absolute atomic E-state index is 12.1. The molecule has 134 valence electrons. The van der Waals surface area contributed by atoms with Crippen LogP contribution in [0.25, 0.3) is 0 Å². The molecule has 6 nitrogen and oxygen atoms in total. The lowest BCUT2D eigenvalue weighted by Crippen LogP contribution is -2.55. The van der Waals surface area contributed by atoms with E-state index in [2.05, 4.69) is 5.32 Å². The molecule has 0 aliphatic carbocycles. The van der Waals surface area contributed by atoms with E-state index in [-0.39, 0.29) is 6.42 Å². The summed E-state index contributed by atoms with van der Waals surface area (Å²) in [6, 6.07) is 6.53. The van der Waals surface area contributed by atoms with E-state index in [0.29, 0.717) is 5.75 Å². The highest BCUT2D eigenvalue weighted by Gasteiger charge is 2.37. The van der Waals surface area contributed by atoms with Crippen molar-refractivity contribution in [2.75, 3.05) is 14.0 Å². The van der Waals surface area contributed by atoms with Crippen LogP contribution < -0.4 is 10.1 Å². The molecule has 1 atom stereocenters. The molecular formula is C17H24FNO5. The lowest BCUT2D eigenvalue weighted by molar-refractivity contribution is -0.147. The van der Waals surface area contributed by atoms with Gasteiger partial charge >= 0.3 is 12.1 Å². The Balaban J connectivity index is 2.91. The molecule has 1 rings (SSSR count). The van der Waals surface area contributed by atoms with Gasteiger partial charge in [0.25, 0.3) is 0 Å². The number of nitrogens with one attached hydrogen (secondary N) is 1. The summed E-state index contributed by atoms with van der Waals surface area (Å²) in [6.45, 7) is 5.82. The number of rotatable bonds is 6. The van der Waals surface area contributed by atoms with Gasteiger partial charge < -0.3 is 19.5 Å². The van der Waals surface area contributed by atoms with Crippen LogP contribution >= 0.6 is 0 Å². The Hall–Kier alpha value is -2.31. The first-order chi connectivity index (χ1) is 11.1. The molecule has 1 amide bonds. The minimum absolute atomic E-state index is 0.175. The van der Waals surface area contributed by atoms with Gasteiger partial charge in [-0.15, -0.1) is 0 Å². The fourth-order valence-electron chi connectivity index (χ4n) is 2.10. The molecule has 0 saturated carbocycles. The number of hydrogen-bond donors (Lipinski definition) is 1. The molecule has 1 N–H and O–H groups in total. The molecular weight excluding hydrogens is 317 g/mol. The second-order valence-electron chi connectivity index (χ2n) is 6.52. The Bertz CT molecular complexity index is 567. The summed E-state index contributed by atoms with van der Waals surface area (Å²) in [5, 5.41) is 2.56. The van der Waals surface area contributed by atoms with Crippen LogP contribution in [0.5, 0.6) is 5.75 Å². The molecule has 1 aromatic rings. The van der Waals surface area contributed by atoms with Crippen LogP contribution in [0.1, 0.15) is 33.3 Å². The molecule has 0 heterocycles. The molecule has 0 aliphatic heterocycles. The number of alkyl carbamates (subject to hydrolysis) is 1. The highest BCUT2D eigenvalue weighted by Crippen LogP contribution is 2.19. The highest BCUT2D eigenvalue weighted by molar-refractivity contribution is 5.85. The molecule has 0 spiro atoms. The number of benzene rings is 1. The number of hydrogen-bond acceptors (Lipinski definition) is 5. The van der Waals surface area contributed by atoms with E-state index in [0.717, 1.165) is 5.56 Å². The Labute approximate surface area is 141 Å². The van der Waals surface area contributed by atoms with Gasteiger partial charge in [-0.25, -0.2) is 14.0 Å². The normalized spacial score (nSPS) is 13.6. The number of carbonyl (C=O) groups is 2. The number of esters is 1. The van der Waals surface area contributed by atoms with Crippen molar-refractivity contribution in [3.8, 4) is 5.75 Å². The summed E-state index contributed by atoms with van der Waals surface area (Å²) < 4.78 is 26.9. The minimum atomic E-state index is -1.31. The largest absolute Gasteiger partial charge is 0.467 e. The van der Waals surface area contributed by atoms with E-state index in [4.69, 9.17) is 14.2 Å².